The third-order valence-corrected chi connectivity index (χ3v) is 4.08. The van der Waals surface area contributed by atoms with Crippen molar-refractivity contribution in [2.24, 2.45) is 7.05 Å². The Balaban J connectivity index is 2.00. The van der Waals surface area contributed by atoms with E-state index in [4.69, 9.17) is 23.2 Å². The van der Waals surface area contributed by atoms with E-state index in [9.17, 15) is 4.79 Å². The molecule has 0 amide bonds. The van der Waals surface area contributed by atoms with Crippen LogP contribution in [0.5, 0.6) is 0 Å². The van der Waals surface area contributed by atoms with E-state index in [1.807, 2.05) is 19.2 Å². The van der Waals surface area contributed by atoms with Crippen LogP contribution in [-0.4, -0.2) is 15.6 Å². The lowest BCUT2D eigenvalue weighted by molar-refractivity contribution is 0.102. The monoisotopic (exact) mass is 306 g/mol. The van der Waals surface area contributed by atoms with E-state index in [0.29, 0.717) is 22.0 Å². The van der Waals surface area contributed by atoms with Crippen LogP contribution in [0.15, 0.2) is 30.0 Å². The summed E-state index contributed by atoms with van der Waals surface area (Å²) in [5.41, 5.74) is 3.26. The van der Waals surface area contributed by atoms with Gasteiger partial charge in [-0.05, 0) is 36.6 Å². The van der Waals surface area contributed by atoms with Crippen LogP contribution in [0.3, 0.4) is 0 Å². The first kappa shape index (κ1) is 13.4. The Kier molecular flexibility index (Phi) is 3.40. The predicted molar refractivity (Wildman–Crippen MR) is 80.3 cm³/mol. The molecule has 1 heterocycles. The highest BCUT2D eigenvalue weighted by Gasteiger charge is 2.25. The number of aromatic nitrogens is 2. The quantitative estimate of drug-likeness (QED) is 0.748. The number of nitrogens with zero attached hydrogens (tertiary/aromatic N) is 2. The molecule has 0 saturated carbocycles. The van der Waals surface area contributed by atoms with E-state index >= 15 is 0 Å². The summed E-state index contributed by atoms with van der Waals surface area (Å²) in [7, 11) is 1.86. The summed E-state index contributed by atoms with van der Waals surface area (Å²) in [4.78, 5) is 12.4. The van der Waals surface area contributed by atoms with Gasteiger partial charge >= 0.3 is 0 Å². The summed E-state index contributed by atoms with van der Waals surface area (Å²) >= 11 is 12.0. The summed E-state index contributed by atoms with van der Waals surface area (Å²) in [6, 6.07) is 5.27. The lowest BCUT2D eigenvalue weighted by Crippen LogP contribution is -2.15. The number of rotatable bonds is 1. The van der Waals surface area contributed by atoms with E-state index in [-0.39, 0.29) is 5.78 Å². The van der Waals surface area contributed by atoms with Crippen LogP contribution in [0, 0.1) is 0 Å². The number of halogens is 2. The molecule has 0 radical (unpaired) electrons. The maximum atomic E-state index is 12.4. The smallest absolute Gasteiger partial charge is 0.192 e. The lowest BCUT2D eigenvalue weighted by Gasteiger charge is -2.14. The molecule has 0 aliphatic heterocycles. The minimum absolute atomic E-state index is 0.0327. The van der Waals surface area contributed by atoms with Crippen molar-refractivity contribution in [3.8, 4) is 0 Å². The summed E-state index contributed by atoms with van der Waals surface area (Å²) in [6.45, 7) is 0. The number of Topliss-reactive ketones (excluding diaryl/α,β-unsaturated/α-hetero) is 1. The van der Waals surface area contributed by atoms with Crippen molar-refractivity contribution in [1.82, 2.24) is 9.78 Å². The second-order valence-electron chi connectivity index (χ2n) is 4.79. The molecule has 1 aliphatic rings. The fourth-order valence-electron chi connectivity index (χ4n) is 2.43. The Morgan fingerprint density at radius 2 is 2.10 bits per heavy atom. The molecular formula is C15H12Cl2N2O. The number of carbonyl (C=O) groups excluding carboxylic acids is 1. The van der Waals surface area contributed by atoms with Gasteiger partial charge in [-0.3, -0.25) is 9.48 Å². The third-order valence-electron chi connectivity index (χ3n) is 3.52. The average molecular weight is 307 g/mol. The van der Waals surface area contributed by atoms with Gasteiger partial charge in [-0.15, -0.1) is 0 Å². The number of benzene rings is 1. The highest BCUT2D eigenvalue weighted by Crippen LogP contribution is 2.29. The highest BCUT2D eigenvalue weighted by molar-refractivity contribution is 6.35. The zero-order chi connectivity index (χ0) is 14.3. The topological polar surface area (TPSA) is 34.9 Å². The molecule has 0 bridgehead atoms. The minimum Gasteiger partial charge on any atom is -0.289 e. The second-order valence-corrected chi connectivity index (χ2v) is 5.64. The number of hydrogen-bond acceptors (Lipinski definition) is 2. The lowest BCUT2D eigenvalue weighted by atomic mass is 9.90. The van der Waals surface area contributed by atoms with Crippen molar-refractivity contribution in [2.45, 2.75) is 12.8 Å². The maximum Gasteiger partial charge on any atom is 0.192 e. The second kappa shape index (κ2) is 5.08. The summed E-state index contributed by atoms with van der Waals surface area (Å²) in [5, 5.41) is 5.28. The molecule has 0 N–H and O–H groups in total. The Morgan fingerprint density at radius 1 is 1.30 bits per heavy atom. The number of fused-ring (bicyclic) bond motifs is 1. The van der Waals surface area contributed by atoms with Crippen molar-refractivity contribution >= 4 is 35.1 Å². The Bertz CT molecular complexity index is 731. The van der Waals surface area contributed by atoms with Gasteiger partial charge in [0.1, 0.15) is 0 Å². The van der Waals surface area contributed by atoms with E-state index in [2.05, 4.69) is 5.10 Å². The molecule has 2 aromatic rings. The molecule has 0 atom stereocenters. The van der Waals surface area contributed by atoms with E-state index < -0.39 is 0 Å². The average Bonchev–Trinajstić information content (AvgIpc) is 2.78. The molecule has 1 aromatic heterocycles. The maximum absolute atomic E-state index is 12.4. The van der Waals surface area contributed by atoms with Gasteiger partial charge in [0, 0.05) is 28.4 Å². The largest absolute Gasteiger partial charge is 0.289 e. The molecule has 0 unspecified atom stereocenters. The van der Waals surface area contributed by atoms with Crippen LogP contribution in [0.1, 0.15) is 28.0 Å². The highest BCUT2D eigenvalue weighted by atomic mass is 35.5. The molecule has 0 saturated heterocycles. The normalized spacial score (nSPS) is 16.6. The van der Waals surface area contributed by atoms with Gasteiger partial charge in [0.25, 0.3) is 0 Å². The Labute approximate surface area is 126 Å². The van der Waals surface area contributed by atoms with Crippen molar-refractivity contribution in [1.29, 1.82) is 0 Å². The molecule has 1 aromatic carbocycles. The van der Waals surface area contributed by atoms with Crippen LogP contribution in [0.2, 0.25) is 10.0 Å². The molecule has 20 heavy (non-hydrogen) atoms. The Morgan fingerprint density at radius 3 is 2.85 bits per heavy atom. The van der Waals surface area contributed by atoms with Gasteiger partial charge in [-0.2, -0.15) is 5.10 Å². The van der Waals surface area contributed by atoms with Gasteiger partial charge in [-0.1, -0.05) is 29.3 Å². The molecule has 0 fully saturated rings. The molecule has 1 aliphatic carbocycles. The molecule has 102 valence electrons. The molecule has 5 heteroatoms. The molecular weight excluding hydrogens is 295 g/mol. The Hall–Kier alpha value is -1.58. The predicted octanol–water partition coefficient (Wildman–Crippen LogP) is 3.94. The van der Waals surface area contributed by atoms with Crippen LogP contribution in [0.4, 0.5) is 0 Å². The first-order valence-corrected chi connectivity index (χ1v) is 7.03. The van der Waals surface area contributed by atoms with Gasteiger partial charge in [-0.25, -0.2) is 0 Å². The van der Waals surface area contributed by atoms with Gasteiger partial charge in [0.2, 0.25) is 0 Å². The minimum atomic E-state index is 0.0327. The zero-order valence-electron chi connectivity index (χ0n) is 10.9. The van der Waals surface area contributed by atoms with Crippen molar-refractivity contribution in [3.05, 3.63) is 56.8 Å². The van der Waals surface area contributed by atoms with Gasteiger partial charge < -0.3 is 0 Å². The molecule has 3 rings (SSSR count). The first-order chi connectivity index (χ1) is 9.56. The summed E-state index contributed by atoms with van der Waals surface area (Å²) in [5.74, 6) is 0.0327. The third kappa shape index (κ3) is 2.28. The van der Waals surface area contributed by atoms with Crippen LogP contribution >= 0.6 is 23.2 Å². The van der Waals surface area contributed by atoms with Crippen LogP contribution in [-0.2, 0) is 13.5 Å². The van der Waals surface area contributed by atoms with Crippen molar-refractivity contribution in [3.63, 3.8) is 0 Å². The number of allylic oxidation sites excluding steroid dienone is 1. The van der Waals surface area contributed by atoms with E-state index in [1.165, 1.54) is 0 Å². The summed E-state index contributed by atoms with van der Waals surface area (Å²) in [6.07, 6.45) is 4.99. The van der Waals surface area contributed by atoms with Crippen molar-refractivity contribution in [2.75, 3.05) is 0 Å². The zero-order valence-corrected chi connectivity index (χ0v) is 12.4. The van der Waals surface area contributed by atoms with Gasteiger partial charge in [0.15, 0.2) is 5.78 Å². The van der Waals surface area contributed by atoms with Gasteiger partial charge in [0.05, 0.1) is 11.8 Å². The standard InChI is InChI=1S/C15H12Cl2N2O/c1-19-14-5-3-10(15(20)12(14)8-18-19)6-9-2-4-11(16)7-13(9)17/h2,4,6-8H,3,5H2,1H3/b10-6+. The number of hydrogen-bond donors (Lipinski definition) is 0. The van der Waals surface area contributed by atoms with E-state index in [0.717, 1.165) is 23.3 Å². The molecule has 0 spiro atoms. The van der Waals surface area contributed by atoms with Crippen molar-refractivity contribution < 1.29 is 4.79 Å². The van der Waals surface area contributed by atoms with Crippen LogP contribution < -0.4 is 0 Å². The number of carbonyl (C=O) groups is 1. The fraction of sp³-hybridized carbons (Fsp3) is 0.200. The SMILES string of the molecule is Cn1ncc2c1CC/C(=C\c1ccc(Cl)cc1Cl)C2=O. The molecule has 3 nitrogen and oxygen atoms in total. The van der Waals surface area contributed by atoms with E-state index in [1.54, 1.807) is 23.0 Å². The fourth-order valence-corrected chi connectivity index (χ4v) is 2.90. The van der Waals surface area contributed by atoms with Crippen LogP contribution in [0.25, 0.3) is 6.08 Å². The first-order valence-electron chi connectivity index (χ1n) is 6.27. The summed E-state index contributed by atoms with van der Waals surface area (Å²) < 4.78 is 1.76. The number of ketones is 1. The number of aryl methyl sites for hydroxylation is 1.